The molecule has 2 aromatic carbocycles. The molecule has 0 aliphatic rings. The second kappa shape index (κ2) is 4.50. The van der Waals surface area contributed by atoms with Gasteiger partial charge in [-0.15, -0.1) is 0 Å². The second-order valence-electron chi connectivity index (χ2n) is 4.36. The lowest BCUT2D eigenvalue weighted by molar-refractivity contribution is 0.837. The van der Waals surface area contributed by atoms with E-state index in [0.717, 1.165) is 22.2 Å². The lowest BCUT2D eigenvalue weighted by Crippen LogP contribution is -1.99. The molecule has 0 bridgehead atoms. The molecule has 0 spiro atoms. The number of aromatic nitrogens is 1. The van der Waals surface area contributed by atoms with Gasteiger partial charge in [-0.1, -0.05) is 40.2 Å². The first kappa shape index (κ1) is 11.4. The van der Waals surface area contributed by atoms with Crippen LogP contribution in [0.5, 0.6) is 0 Å². The van der Waals surface area contributed by atoms with Crippen molar-refractivity contribution in [2.45, 2.75) is 6.54 Å². The van der Waals surface area contributed by atoms with Crippen LogP contribution >= 0.6 is 15.9 Å². The molecule has 0 radical (unpaired) electrons. The van der Waals surface area contributed by atoms with Gasteiger partial charge in [0.15, 0.2) is 0 Å². The SMILES string of the molecule is Nc1cccc2ccn(Cc3ccc(Br)cc3)c12. The van der Waals surface area contributed by atoms with E-state index in [9.17, 15) is 0 Å². The molecule has 3 heteroatoms. The molecule has 0 unspecified atom stereocenters. The summed E-state index contributed by atoms with van der Waals surface area (Å²) >= 11 is 3.45. The van der Waals surface area contributed by atoms with Gasteiger partial charge in [-0.3, -0.25) is 0 Å². The smallest absolute Gasteiger partial charge is 0.0716 e. The molecule has 0 atom stereocenters. The topological polar surface area (TPSA) is 30.9 Å². The molecule has 3 aromatic rings. The summed E-state index contributed by atoms with van der Waals surface area (Å²) in [6.45, 7) is 0.838. The fourth-order valence-corrected chi connectivity index (χ4v) is 2.47. The van der Waals surface area contributed by atoms with Gasteiger partial charge in [-0.25, -0.2) is 0 Å². The summed E-state index contributed by atoms with van der Waals surface area (Å²) in [6.07, 6.45) is 2.09. The summed E-state index contributed by atoms with van der Waals surface area (Å²) < 4.78 is 3.29. The Morgan fingerprint density at radius 2 is 1.78 bits per heavy atom. The highest BCUT2D eigenvalue weighted by Gasteiger charge is 2.04. The highest BCUT2D eigenvalue weighted by atomic mass is 79.9. The van der Waals surface area contributed by atoms with E-state index in [0.29, 0.717) is 0 Å². The fraction of sp³-hybridized carbons (Fsp3) is 0.0667. The van der Waals surface area contributed by atoms with E-state index in [1.165, 1.54) is 10.9 Å². The lowest BCUT2D eigenvalue weighted by atomic mass is 10.2. The van der Waals surface area contributed by atoms with Gasteiger partial charge in [0.2, 0.25) is 0 Å². The number of halogens is 1. The molecule has 0 amide bonds. The van der Waals surface area contributed by atoms with Gasteiger partial charge in [0.25, 0.3) is 0 Å². The van der Waals surface area contributed by atoms with E-state index < -0.39 is 0 Å². The molecular formula is C15H13BrN2. The van der Waals surface area contributed by atoms with E-state index in [1.807, 2.05) is 12.1 Å². The molecule has 18 heavy (non-hydrogen) atoms. The highest BCUT2D eigenvalue weighted by molar-refractivity contribution is 9.10. The van der Waals surface area contributed by atoms with Crippen molar-refractivity contribution in [2.75, 3.05) is 5.73 Å². The minimum atomic E-state index is 0.828. The van der Waals surface area contributed by atoms with E-state index in [2.05, 4.69) is 63.1 Å². The minimum absolute atomic E-state index is 0.828. The van der Waals surface area contributed by atoms with Crippen LogP contribution in [0.2, 0.25) is 0 Å². The van der Waals surface area contributed by atoms with Crippen LogP contribution in [0, 0.1) is 0 Å². The summed E-state index contributed by atoms with van der Waals surface area (Å²) in [5.41, 5.74) is 9.25. The summed E-state index contributed by atoms with van der Waals surface area (Å²) in [4.78, 5) is 0. The van der Waals surface area contributed by atoms with Gasteiger partial charge in [0.1, 0.15) is 0 Å². The summed E-state index contributed by atoms with van der Waals surface area (Å²) in [5.74, 6) is 0. The third kappa shape index (κ3) is 2.02. The van der Waals surface area contributed by atoms with Crippen molar-refractivity contribution in [3.8, 4) is 0 Å². The number of hydrogen-bond acceptors (Lipinski definition) is 1. The third-order valence-corrected chi connectivity index (χ3v) is 3.61. The maximum Gasteiger partial charge on any atom is 0.0716 e. The normalized spacial score (nSPS) is 10.9. The molecule has 0 fully saturated rings. The van der Waals surface area contributed by atoms with Gasteiger partial charge in [0, 0.05) is 22.6 Å². The number of benzene rings is 2. The Balaban J connectivity index is 2.02. The summed E-state index contributed by atoms with van der Waals surface area (Å²) in [6, 6.07) is 16.5. The van der Waals surface area contributed by atoms with Crippen LogP contribution in [-0.2, 0) is 6.54 Å². The van der Waals surface area contributed by atoms with Crippen molar-refractivity contribution in [3.05, 3.63) is 64.8 Å². The zero-order valence-corrected chi connectivity index (χ0v) is 11.4. The molecule has 0 aliphatic heterocycles. The van der Waals surface area contributed by atoms with E-state index in [-0.39, 0.29) is 0 Å². The highest BCUT2D eigenvalue weighted by Crippen LogP contribution is 2.23. The maximum absolute atomic E-state index is 6.05. The van der Waals surface area contributed by atoms with Gasteiger partial charge < -0.3 is 10.3 Å². The first-order chi connectivity index (χ1) is 8.74. The zero-order valence-electron chi connectivity index (χ0n) is 9.81. The third-order valence-electron chi connectivity index (χ3n) is 3.09. The first-order valence-electron chi connectivity index (χ1n) is 5.82. The number of nitrogens with two attached hydrogens (primary N) is 1. The van der Waals surface area contributed by atoms with Crippen molar-refractivity contribution < 1.29 is 0 Å². The largest absolute Gasteiger partial charge is 0.397 e. The number of anilines is 1. The number of para-hydroxylation sites is 1. The Morgan fingerprint density at radius 1 is 1.00 bits per heavy atom. The predicted molar refractivity (Wildman–Crippen MR) is 79.6 cm³/mol. The molecule has 0 aliphatic carbocycles. The van der Waals surface area contributed by atoms with Crippen molar-refractivity contribution >= 4 is 32.5 Å². The van der Waals surface area contributed by atoms with Crippen molar-refractivity contribution in [3.63, 3.8) is 0 Å². The summed E-state index contributed by atoms with van der Waals surface area (Å²) in [7, 11) is 0. The maximum atomic E-state index is 6.05. The summed E-state index contributed by atoms with van der Waals surface area (Å²) in [5, 5.41) is 1.19. The monoisotopic (exact) mass is 300 g/mol. The Morgan fingerprint density at radius 3 is 2.56 bits per heavy atom. The molecule has 0 saturated heterocycles. The Labute approximate surface area is 114 Å². The number of fused-ring (bicyclic) bond motifs is 1. The van der Waals surface area contributed by atoms with Crippen LogP contribution < -0.4 is 5.73 Å². The molecular weight excluding hydrogens is 288 g/mol. The van der Waals surface area contributed by atoms with E-state index in [4.69, 9.17) is 5.73 Å². The van der Waals surface area contributed by atoms with Gasteiger partial charge in [-0.2, -0.15) is 0 Å². The molecule has 2 N–H and O–H groups in total. The van der Waals surface area contributed by atoms with Crippen LogP contribution in [0.1, 0.15) is 5.56 Å². The number of rotatable bonds is 2. The van der Waals surface area contributed by atoms with Crippen LogP contribution in [-0.4, -0.2) is 4.57 Å². The van der Waals surface area contributed by atoms with Crippen LogP contribution in [0.15, 0.2) is 59.2 Å². The predicted octanol–water partition coefficient (Wildman–Crippen LogP) is 4.03. The van der Waals surface area contributed by atoms with Crippen molar-refractivity contribution in [1.82, 2.24) is 4.57 Å². The minimum Gasteiger partial charge on any atom is -0.397 e. The molecule has 1 heterocycles. The van der Waals surface area contributed by atoms with Crippen LogP contribution in [0.4, 0.5) is 5.69 Å². The molecule has 3 rings (SSSR count). The van der Waals surface area contributed by atoms with Gasteiger partial charge in [0.05, 0.1) is 11.2 Å². The molecule has 1 aromatic heterocycles. The number of nitrogen functional groups attached to an aromatic ring is 1. The molecule has 0 saturated carbocycles. The first-order valence-corrected chi connectivity index (χ1v) is 6.61. The Kier molecular flexibility index (Phi) is 2.84. The van der Waals surface area contributed by atoms with Gasteiger partial charge >= 0.3 is 0 Å². The van der Waals surface area contributed by atoms with Crippen LogP contribution in [0.3, 0.4) is 0 Å². The second-order valence-corrected chi connectivity index (χ2v) is 5.27. The zero-order chi connectivity index (χ0) is 12.5. The van der Waals surface area contributed by atoms with Gasteiger partial charge in [-0.05, 0) is 29.8 Å². The van der Waals surface area contributed by atoms with Crippen LogP contribution in [0.25, 0.3) is 10.9 Å². The average molecular weight is 301 g/mol. The molecule has 90 valence electrons. The Hall–Kier alpha value is -1.74. The van der Waals surface area contributed by atoms with E-state index in [1.54, 1.807) is 0 Å². The van der Waals surface area contributed by atoms with Crippen molar-refractivity contribution in [1.29, 1.82) is 0 Å². The lowest BCUT2D eigenvalue weighted by Gasteiger charge is -2.07. The standard InChI is InChI=1S/C15H13BrN2/c16-13-6-4-11(5-7-13)10-18-9-8-12-2-1-3-14(17)15(12)18/h1-9H,10,17H2. The fourth-order valence-electron chi connectivity index (χ4n) is 2.21. The number of nitrogens with zero attached hydrogens (tertiary/aromatic N) is 1. The Bertz CT molecular complexity index is 683. The number of hydrogen-bond donors (Lipinski definition) is 1. The van der Waals surface area contributed by atoms with Crippen molar-refractivity contribution in [2.24, 2.45) is 0 Å². The average Bonchev–Trinajstić information content (AvgIpc) is 2.77. The van der Waals surface area contributed by atoms with E-state index >= 15 is 0 Å². The quantitative estimate of drug-likeness (QED) is 0.712. The molecule has 2 nitrogen and oxygen atoms in total.